The molecular weight excluding hydrogens is 344 g/mol. The molecule has 1 aliphatic heterocycles. The van der Waals surface area contributed by atoms with E-state index in [4.69, 9.17) is 9.47 Å². The van der Waals surface area contributed by atoms with Gasteiger partial charge < -0.3 is 29.5 Å². The van der Waals surface area contributed by atoms with E-state index >= 15 is 0 Å². The third-order valence-corrected chi connectivity index (χ3v) is 5.43. The van der Waals surface area contributed by atoms with Gasteiger partial charge in [0.05, 0.1) is 13.2 Å². The maximum Gasteiger partial charge on any atom is 0.124 e. The maximum absolute atomic E-state index is 10.4. The van der Waals surface area contributed by atoms with Gasteiger partial charge >= 0.3 is 0 Å². The fraction of sp³-hybridized carbons (Fsp3) is 0.714. The number of aliphatic hydroxyl groups is 2. The molecule has 2 aliphatic rings. The van der Waals surface area contributed by atoms with E-state index in [1.165, 1.54) is 12.8 Å². The van der Waals surface area contributed by atoms with Crippen molar-refractivity contribution in [3.63, 3.8) is 0 Å². The molecule has 152 valence electrons. The number of nitrogens with zero attached hydrogens (tertiary/aromatic N) is 2. The molecular formula is C21H34N2O4. The molecule has 0 bridgehead atoms. The molecule has 0 spiro atoms. The summed E-state index contributed by atoms with van der Waals surface area (Å²) >= 11 is 0. The Morgan fingerprint density at radius 2 is 1.96 bits per heavy atom. The zero-order valence-electron chi connectivity index (χ0n) is 16.6. The van der Waals surface area contributed by atoms with Gasteiger partial charge in [-0.15, -0.1) is 0 Å². The van der Waals surface area contributed by atoms with Crippen molar-refractivity contribution in [3.8, 4) is 11.5 Å². The number of hydrogen-bond acceptors (Lipinski definition) is 6. The van der Waals surface area contributed by atoms with Crippen LogP contribution in [0.5, 0.6) is 11.5 Å². The highest BCUT2D eigenvalue weighted by molar-refractivity contribution is 5.40. The van der Waals surface area contributed by atoms with Crippen LogP contribution < -0.4 is 9.47 Å². The van der Waals surface area contributed by atoms with Crippen LogP contribution in [0.15, 0.2) is 18.2 Å². The Kier molecular flexibility index (Phi) is 7.35. The van der Waals surface area contributed by atoms with Crippen LogP contribution in [0.2, 0.25) is 0 Å². The first-order valence-corrected chi connectivity index (χ1v) is 10.1. The minimum Gasteiger partial charge on any atom is -0.497 e. The number of methoxy groups -OCH3 is 1. The first-order valence-electron chi connectivity index (χ1n) is 10.1. The zero-order chi connectivity index (χ0) is 19.2. The second-order valence-corrected chi connectivity index (χ2v) is 8.11. The normalized spacial score (nSPS) is 20.0. The minimum atomic E-state index is -0.542. The number of β-amino-alcohol motifs (C(OH)–C–C–N with tert-alkyl or cyclic N) is 1. The van der Waals surface area contributed by atoms with Gasteiger partial charge in [-0.2, -0.15) is 0 Å². The first kappa shape index (κ1) is 20.4. The summed E-state index contributed by atoms with van der Waals surface area (Å²) in [6.07, 6.45) is 3.51. The van der Waals surface area contributed by atoms with Gasteiger partial charge in [-0.1, -0.05) is 0 Å². The van der Waals surface area contributed by atoms with E-state index in [1.54, 1.807) is 7.11 Å². The zero-order valence-corrected chi connectivity index (χ0v) is 16.6. The van der Waals surface area contributed by atoms with Crippen molar-refractivity contribution in [1.82, 2.24) is 9.80 Å². The quantitative estimate of drug-likeness (QED) is 0.647. The Bertz CT molecular complexity index is 586. The van der Waals surface area contributed by atoms with E-state index in [-0.39, 0.29) is 12.7 Å². The van der Waals surface area contributed by atoms with Crippen LogP contribution in [0.1, 0.15) is 31.2 Å². The largest absolute Gasteiger partial charge is 0.497 e. The van der Waals surface area contributed by atoms with Gasteiger partial charge in [0.25, 0.3) is 0 Å². The molecule has 2 N–H and O–H groups in total. The van der Waals surface area contributed by atoms with Crippen LogP contribution in [0.3, 0.4) is 0 Å². The van der Waals surface area contributed by atoms with Crippen molar-refractivity contribution in [2.24, 2.45) is 5.92 Å². The van der Waals surface area contributed by atoms with Crippen molar-refractivity contribution in [2.75, 3.05) is 46.9 Å². The topological polar surface area (TPSA) is 65.4 Å². The molecule has 1 aromatic carbocycles. The average Bonchev–Trinajstić information content (AvgIpc) is 3.46. The number of benzene rings is 1. The maximum atomic E-state index is 10.4. The number of piperidine rings is 1. The molecule has 3 rings (SSSR count). The average molecular weight is 379 g/mol. The lowest BCUT2D eigenvalue weighted by molar-refractivity contribution is 0.0335. The van der Waals surface area contributed by atoms with Crippen LogP contribution in [-0.4, -0.2) is 79.2 Å². The molecule has 1 saturated heterocycles. The van der Waals surface area contributed by atoms with Gasteiger partial charge in [-0.3, -0.25) is 0 Å². The molecule has 1 saturated carbocycles. The summed E-state index contributed by atoms with van der Waals surface area (Å²) in [5.74, 6) is 2.48. The monoisotopic (exact) mass is 378 g/mol. The molecule has 0 radical (unpaired) electrons. The Balaban J connectivity index is 1.52. The number of aliphatic hydroxyl groups excluding tert-OH is 2. The van der Waals surface area contributed by atoms with Crippen molar-refractivity contribution < 1.29 is 19.7 Å². The molecule has 2 fully saturated rings. The Morgan fingerprint density at radius 1 is 1.22 bits per heavy atom. The van der Waals surface area contributed by atoms with Gasteiger partial charge in [0.15, 0.2) is 0 Å². The fourth-order valence-corrected chi connectivity index (χ4v) is 3.68. The highest BCUT2D eigenvalue weighted by Crippen LogP contribution is 2.31. The predicted octanol–water partition coefficient (Wildman–Crippen LogP) is 1.73. The summed E-state index contributed by atoms with van der Waals surface area (Å²) in [5, 5.41) is 20.0. The van der Waals surface area contributed by atoms with Crippen LogP contribution in [-0.2, 0) is 6.54 Å². The highest BCUT2D eigenvalue weighted by atomic mass is 16.5. The van der Waals surface area contributed by atoms with Gasteiger partial charge in [0, 0.05) is 38.3 Å². The molecule has 6 nitrogen and oxygen atoms in total. The molecule has 1 heterocycles. The Labute approximate surface area is 162 Å². The van der Waals surface area contributed by atoms with Crippen LogP contribution >= 0.6 is 0 Å². The standard InChI is InChI=1S/C21H34N2O4/c1-22(12-16-3-4-16)13-17-11-20(26-2)5-6-21(17)27-15-19(25)14-23-9-7-18(24)8-10-23/h5-6,11,16,18-19,24-25H,3-4,7-10,12-15H2,1-2H3/t19-/m0/s1. The fourth-order valence-electron chi connectivity index (χ4n) is 3.68. The van der Waals surface area contributed by atoms with E-state index in [0.29, 0.717) is 6.54 Å². The minimum absolute atomic E-state index is 0.191. The summed E-state index contributed by atoms with van der Waals surface area (Å²) in [4.78, 5) is 4.52. The second-order valence-electron chi connectivity index (χ2n) is 8.11. The molecule has 27 heavy (non-hydrogen) atoms. The molecule has 0 aromatic heterocycles. The number of ether oxygens (including phenoxy) is 2. The van der Waals surface area contributed by atoms with Gasteiger partial charge in [-0.05, 0) is 56.8 Å². The summed E-state index contributed by atoms with van der Waals surface area (Å²) in [6, 6.07) is 5.86. The van der Waals surface area contributed by atoms with E-state index in [1.807, 2.05) is 18.2 Å². The van der Waals surface area contributed by atoms with Crippen LogP contribution in [0, 0.1) is 5.92 Å². The van der Waals surface area contributed by atoms with Crippen LogP contribution in [0.4, 0.5) is 0 Å². The summed E-state index contributed by atoms with van der Waals surface area (Å²) in [7, 11) is 3.81. The second kappa shape index (κ2) is 9.73. The van der Waals surface area contributed by atoms with Gasteiger partial charge in [-0.25, -0.2) is 0 Å². The number of rotatable bonds is 10. The lowest BCUT2D eigenvalue weighted by atomic mass is 10.1. The van der Waals surface area contributed by atoms with E-state index in [0.717, 1.165) is 62.0 Å². The van der Waals surface area contributed by atoms with E-state index < -0.39 is 6.10 Å². The number of likely N-dealkylation sites (tertiary alicyclic amines) is 1. The SMILES string of the molecule is COc1ccc(OC[C@@H](O)CN2CCC(O)CC2)c(CN(C)CC2CC2)c1. The molecule has 1 atom stereocenters. The van der Waals surface area contributed by atoms with Crippen molar-refractivity contribution in [2.45, 2.75) is 44.4 Å². The molecule has 0 amide bonds. The summed E-state index contributed by atoms with van der Waals surface area (Å²) in [5.41, 5.74) is 1.09. The van der Waals surface area contributed by atoms with E-state index in [2.05, 4.69) is 16.8 Å². The highest BCUT2D eigenvalue weighted by Gasteiger charge is 2.23. The van der Waals surface area contributed by atoms with Crippen molar-refractivity contribution in [3.05, 3.63) is 23.8 Å². The van der Waals surface area contributed by atoms with Gasteiger partial charge in [0.2, 0.25) is 0 Å². The molecule has 0 unspecified atom stereocenters. The van der Waals surface area contributed by atoms with Gasteiger partial charge in [0.1, 0.15) is 24.2 Å². The molecule has 1 aromatic rings. The first-order chi connectivity index (χ1) is 13.0. The summed E-state index contributed by atoms with van der Waals surface area (Å²) < 4.78 is 11.3. The molecule has 1 aliphatic carbocycles. The Morgan fingerprint density at radius 3 is 2.63 bits per heavy atom. The lowest BCUT2D eigenvalue weighted by Crippen LogP contribution is -2.41. The smallest absolute Gasteiger partial charge is 0.124 e. The third-order valence-electron chi connectivity index (χ3n) is 5.43. The Hall–Kier alpha value is -1.34. The van der Waals surface area contributed by atoms with E-state index in [9.17, 15) is 10.2 Å². The third kappa shape index (κ3) is 6.64. The molecule has 6 heteroatoms. The van der Waals surface area contributed by atoms with Crippen molar-refractivity contribution in [1.29, 1.82) is 0 Å². The number of hydrogen-bond donors (Lipinski definition) is 2. The lowest BCUT2D eigenvalue weighted by Gasteiger charge is -2.31. The predicted molar refractivity (Wildman–Crippen MR) is 105 cm³/mol. The van der Waals surface area contributed by atoms with Crippen molar-refractivity contribution >= 4 is 0 Å². The summed E-state index contributed by atoms with van der Waals surface area (Å²) in [6.45, 7) is 4.43. The van der Waals surface area contributed by atoms with Crippen LogP contribution in [0.25, 0.3) is 0 Å².